The van der Waals surface area contributed by atoms with Gasteiger partial charge in [-0.05, 0) is 65.4 Å². The van der Waals surface area contributed by atoms with Gasteiger partial charge < -0.3 is 19.2 Å². The summed E-state index contributed by atoms with van der Waals surface area (Å²) in [5, 5.41) is 9.65. The Balaban J connectivity index is 2.05. The number of benzene rings is 2. The Bertz CT molecular complexity index is 1050. The standard InChI is InChI=1S/C20H18IN3O3/c1-4-27-18-9-12(8-15(21)19(18)26-3)7-13(11-22)20-23-16-6-5-14(25-2)10-17(16)24-20/h5-10H,4H2,1-3H3,(H,23,24)/b13-7-. The molecule has 3 rings (SSSR count). The van der Waals surface area contributed by atoms with Gasteiger partial charge in [-0.1, -0.05) is 0 Å². The fourth-order valence-electron chi connectivity index (χ4n) is 2.70. The number of hydrogen-bond donors (Lipinski definition) is 1. The van der Waals surface area contributed by atoms with Crippen LogP contribution in [0.25, 0.3) is 22.7 Å². The maximum Gasteiger partial charge on any atom is 0.174 e. The number of halogens is 1. The van der Waals surface area contributed by atoms with Crippen LogP contribution in [0.15, 0.2) is 30.3 Å². The zero-order valence-corrected chi connectivity index (χ0v) is 17.3. The van der Waals surface area contributed by atoms with Gasteiger partial charge in [-0.15, -0.1) is 0 Å². The molecular formula is C20H18IN3O3. The van der Waals surface area contributed by atoms with Gasteiger partial charge in [0, 0.05) is 6.07 Å². The molecule has 1 aromatic heterocycles. The van der Waals surface area contributed by atoms with E-state index in [1.54, 1.807) is 20.3 Å². The van der Waals surface area contributed by atoms with Gasteiger partial charge in [-0.3, -0.25) is 0 Å². The van der Waals surface area contributed by atoms with Crippen molar-refractivity contribution in [1.29, 1.82) is 5.26 Å². The second kappa shape index (κ2) is 8.31. The van der Waals surface area contributed by atoms with Gasteiger partial charge >= 0.3 is 0 Å². The van der Waals surface area contributed by atoms with Crippen LogP contribution < -0.4 is 14.2 Å². The number of ether oxygens (including phenoxy) is 3. The van der Waals surface area contributed by atoms with Crippen molar-refractivity contribution in [2.45, 2.75) is 6.92 Å². The Morgan fingerprint density at radius 3 is 2.74 bits per heavy atom. The number of methoxy groups -OCH3 is 2. The van der Waals surface area contributed by atoms with E-state index in [1.807, 2.05) is 37.3 Å². The molecule has 6 nitrogen and oxygen atoms in total. The van der Waals surface area contributed by atoms with Gasteiger partial charge in [0.2, 0.25) is 0 Å². The molecule has 7 heteroatoms. The van der Waals surface area contributed by atoms with E-state index in [0.717, 1.165) is 25.9 Å². The molecular weight excluding hydrogens is 457 g/mol. The predicted octanol–water partition coefficient (Wildman–Crippen LogP) is 4.65. The Morgan fingerprint density at radius 1 is 1.26 bits per heavy atom. The van der Waals surface area contributed by atoms with Crippen LogP contribution in [-0.2, 0) is 0 Å². The predicted molar refractivity (Wildman–Crippen MR) is 113 cm³/mol. The molecule has 138 valence electrons. The van der Waals surface area contributed by atoms with Crippen LogP contribution in [0.5, 0.6) is 17.2 Å². The first-order valence-corrected chi connectivity index (χ1v) is 9.33. The summed E-state index contributed by atoms with van der Waals surface area (Å²) in [6, 6.07) is 11.5. The lowest BCUT2D eigenvalue weighted by atomic mass is 10.1. The van der Waals surface area contributed by atoms with Crippen molar-refractivity contribution in [2.24, 2.45) is 0 Å². The van der Waals surface area contributed by atoms with Gasteiger partial charge in [0.15, 0.2) is 11.5 Å². The minimum Gasteiger partial charge on any atom is -0.497 e. The third-order valence-electron chi connectivity index (χ3n) is 3.91. The van der Waals surface area contributed by atoms with Crippen LogP contribution in [0.2, 0.25) is 0 Å². The first-order chi connectivity index (χ1) is 13.1. The number of fused-ring (bicyclic) bond motifs is 1. The Labute approximate surface area is 170 Å². The summed E-state index contributed by atoms with van der Waals surface area (Å²) in [4.78, 5) is 7.69. The quantitative estimate of drug-likeness (QED) is 0.415. The van der Waals surface area contributed by atoms with E-state index in [9.17, 15) is 5.26 Å². The second-order valence-electron chi connectivity index (χ2n) is 5.61. The molecule has 0 atom stereocenters. The second-order valence-corrected chi connectivity index (χ2v) is 6.77. The lowest BCUT2D eigenvalue weighted by molar-refractivity contribution is 0.309. The molecule has 0 unspecified atom stereocenters. The van der Waals surface area contributed by atoms with Crippen molar-refractivity contribution in [3.05, 3.63) is 45.3 Å². The maximum absolute atomic E-state index is 9.65. The summed E-state index contributed by atoms with van der Waals surface area (Å²) < 4.78 is 17.2. The van der Waals surface area contributed by atoms with Crippen molar-refractivity contribution in [1.82, 2.24) is 9.97 Å². The Morgan fingerprint density at radius 2 is 2.07 bits per heavy atom. The molecule has 0 radical (unpaired) electrons. The van der Waals surface area contributed by atoms with Gasteiger partial charge in [0.05, 0.1) is 41.0 Å². The zero-order chi connectivity index (χ0) is 19.4. The highest BCUT2D eigenvalue weighted by molar-refractivity contribution is 14.1. The average Bonchev–Trinajstić information content (AvgIpc) is 3.09. The average molecular weight is 475 g/mol. The molecule has 0 amide bonds. The Hall–Kier alpha value is -2.73. The first-order valence-electron chi connectivity index (χ1n) is 8.25. The van der Waals surface area contributed by atoms with E-state index in [4.69, 9.17) is 14.2 Å². The summed E-state index contributed by atoms with van der Waals surface area (Å²) in [5.74, 6) is 2.56. The molecule has 2 aromatic carbocycles. The molecule has 0 bridgehead atoms. The fourth-order valence-corrected chi connectivity index (χ4v) is 3.54. The van der Waals surface area contributed by atoms with Crippen molar-refractivity contribution in [3.63, 3.8) is 0 Å². The smallest absolute Gasteiger partial charge is 0.174 e. The summed E-state index contributed by atoms with van der Waals surface area (Å²) in [6.45, 7) is 2.44. The van der Waals surface area contributed by atoms with Gasteiger partial charge in [-0.25, -0.2) is 4.98 Å². The summed E-state index contributed by atoms with van der Waals surface area (Å²) >= 11 is 2.19. The van der Waals surface area contributed by atoms with Crippen LogP contribution >= 0.6 is 22.6 Å². The largest absolute Gasteiger partial charge is 0.497 e. The third kappa shape index (κ3) is 4.01. The van der Waals surface area contributed by atoms with Crippen LogP contribution in [0, 0.1) is 14.9 Å². The van der Waals surface area contributed by atoms with E-state index in [2.05, 4.69) is 38.6 Å². The number of H-pyrrole nitrogens is 1. The van der Waals surface area contributed by atoms with E-state index in [-0.39, 0.29) is 0 Å². The van der Waals surface area contributed by atoms with Crippen LogP contribution in [0.1, 0.15) is 18.3 Å². The molecule has 0 aliphatic rings. The number of hydrogen-bond acceptors (Lipinski definition) is 5. The monoisotopic (exact) mass is 475 g/mol. The number of nitrogens with one attached hydrogen (secondary N) is 1. The minimum absolute atomic E-state index is 0.425. The number of rotatable bonds is 6. The SMILES string of the molecule is CCOc1cc(/C=C(/C#N)c2nc3ccc(OC)cc3[nH]2)cc(I)c1OC. The topological polar surface area (TPSA) is 80.2 Å². The molecule has 1 N–H and O–H groups in total. The molecule has 0 aliphatic carbocycles. The molecule has 0 spiro atoms. The highest BCUT2D eigenvalue weighted by Crippen LogP contribution is 2.35. The highest BCUT2D eigenvalue weighted by Gasteiger charge is 2.13. The van der Waals surface area contributed by atoms with Crippen LogP contribution in [0.3, 0.4) is 0 Å². The zero-order valence-electron chi connectivity index (χ0n) is 15.2. The summed E-state index contributed by atoms with van der Waals surface area (Å²) in [7, 11) is 3.22. The number of aromatic amines is 1. The normalized spacial score (nSPS) is 11.3. The van der Waals surface area contributed by atoms with E-state index in [0.29, 0.717) is 29.5 Å². The van der Waals surface area contributed by atoms with Crippen LogP contribution in [0.4, 0.5) is 0 Å². The summed E-state index contributed by atoms with van der Waals surface area (Å²) in [5.41, 5.74) is 2.84. The number of imidazole rings is 1. The van der Waals surface area contributed by atoms with Crippen molar-refractivity contribution < 1.29 is 14.2 Å². The lowest BCUT2D eigenvalue weighted by Crippen LogP contribution is -1.98. The number of allylic oxidation sites excluding steroid dienone is 1. The molecule has 0 saturated heterocycles. The fraction of sp³-hybridized carbons (Fsp3) is 0.200. The maximum atomic E-state index is 9.65. The minimum atomic E-state index is 0.425. The molecule has 0 aliphatic heterocycles. The number of nitrogens with zero attached hydrogens (tertiary/aromatic N) is 2. The molecule has 3 aromatic rings. The van der Waals surface area contributed by atoms with Crippen molar-refractivity contribution in [3.8, 4) is 23.3 Å². The Kier molecular flexibility index (Phi) is 5.86. The number of nitriles is 1. The van der Waals surface area contributed by atoms with E-state index in [1.165, 1.54) is 0 Å². The van der Waals surface area contributed by atoms with Crippen LogP contribution in [-0.4, -0.2) is 30.8 Å². The van der Waals surface area contributed by atoms with Crippen molar-refractivity contribution >= 4 is 45.3 Å². The van der Waals surface area contributed by atoms with Gasteiger partial charge in [-0.2, -0.15) is 5.26 Å². The third-order valence-corrected chi connectivity index (χ3v) is 4.71. The van der Waals surface area contributed by atoms with E-state index >= 15 is 0 Å². The number of aromatic nitrogens is 2. The van der Waals surface area contributed by atoms with E-state index < -0.39 is 0 Å². The highest BCUT2D eigenvalue weighted by atomic mass is 127. The van der Waals surface area contributed by atoms with Crippen molar-refractivity contribution in [2.75, 3.05) is 20.8 Å². The first kappa shape index (κ1) is 19.0. The lowest BCUT2D eigenvalue weighted by Gasteiger charge is -2.12. The molecule has 27 heavy (non-hydrogen) atoms. The molecule has 1 heterocycles. The summed E-state index contributed by atoms with van der Waals surface area (Å²) in [6.07, 6.45) is 1.78. The molecule has 0 saturated carbocycles. The van der Waals surface area contributed by atoms with Gasteiger partial charge in [0.1, 0.15) is 17.6 Å². The molecule has 0 fully saturated rings. The van der Waals surface area contributed by atoms with Gasteiger partial charge in [0.25, 0.3) is 0 Å².